The number of halogens is 1. The van der Waals surface area contributed by atoms with Crippen LogP contribution in [0.3, 0.4) is 0 Å². The lowest BCUT2D eigenvalue weighted by molar-refractivity contribution is -0.133. The minimum absolute atomic E-state index is 0.0485. The molecule has 8 heteroatoms. The zero-order valence-corrected chi connectivity index (χ0v) is 16.3. The predicted octanol–water partition coefficient (Wildman–Crippen LogP) is 1.68. The highest BCUT2D eigenvalue weighted by Gasteiger charge is 2.31. The van der Waals surface area contributed by atoms with Gasteiger partial charge in [0.15, 0.2) is 5.69 Å². The fourth-order valence-electron chi connectivity index (χ4n) is 3.45. The van der Waals surface area contributed by atoms with Crippen LogP contribution in [-0.2, 0) is 4.79 Å². The van der Waals surface area contributed by atoms with Gasteiger partial charge >= 0.3 is 0 Å². The summed E-state index contributed by atoms with van der Waals surface area (Å²) in [5, 5.41) is 7.06. The van der Waals surface area contributed by atoms with Crippen molar-refractivity contribution in [2.75, 3.05) is 33.7 Å². The van der Waals surface area contributed by atoms with Crippen LogP contribution in [0.2, 0.25) is 0 Å². The molecule has 7 nitrogen and oxygen atoms in total. The third-order valence-corrected chi connectivity index (χ3v) is 4.89. The highest BCUT2D eigenvalue weighted by Crippen LogP contribution is 2.18. The molecule has 1 N–H and O–H groups in total. The third kappa shape index (κ3) is 4.75. The number of hydrogen-bond donors (Lipinski definition) is 1. The molecule has 3 rings (SSSR count). The maximum absolute atomic E-state index is 13.3. The normalized spacial score (nSPS) is 16.9. The predicted molar refractivity (Wildman–Crippen MR) is 104 cm³/mol. The maximum atomic E-state index is 13.3. The molecular formula is C20H26FN5O2. The molecule has 2 amide bonds. The van der Waals surface area contributed by atoms with Gasteiger partial charge in [-0.25, -0.2) is 9.07 Å². The summed E-state index contributed by atoms with van der Waals surface area (Å²) in [6.45, 7) is 2.18. The van der Waals surface area contributed by atoms with Crippen LogP contribution in [-0.4, -0.2) is 71.2 Å². The first-order valence-corrected chi connectivity index (χ1v) is 9.51. The van der Waals surface area contributed by atoms with Crippen LogP contribution in [0.15, 0.2) is 36.5 Å². The Balaban J connectivity index is 1.47. The molecule has 0 aliphatic carbocycles. The Morgan fingerprint density at radius 2 is 2.14 bits per heavy atom. The monoisotopic (exact) mass is 387 g/mol. The molecule has 1 saturated heterocycles. The molecule has 2 heterocycles. The van der Waals surface area contributed by atoms with Crippen LogP contribution in [0.25, 0.3) is 5.69 Å². The van der Waals surface area contributed by atoms with E-state index in [0.717, 1.165) is 32.4 Å². The molecule has 1 aromatic heterocycles. The van der Waals surface area contributed by atoms with E-state index in [4.69, 9.17) is 0 Å². The quantitative estimate of drug-likeness (QED) is 0.734. The van der Waals surface area contributed by atoms with Crippen molar-refractivity contribution in [3.63, 3.8) is 0 Å². The SMILES string of the molecule is CN(C)C(=O)C1CCCN1CCCNC(=O)c1ccn(-c2cccc(F)c2)n1. The average molecular weight is 387 g/mol. The number of likely N-dealkylation sites (N-methyl/N-ethyl adjacent to an activating group) is 1. The highest BCUT2D eigenvalue weighted by molar-refractivity contribution is 5.92. The fraction of sp³-hybridized carbons (Fsp3) is 0.450. The molecule has 0 saturated carbocycles. The number of rotatable bonds is 7. The van der Waals surface area contributed by atoms with E-state index in [1.807, 2.05) is 0 Å². The highest BCUT2D eigenvalue weighted by atomic mass is 19.1. The summed E-state index contributed by atoms with van der Waals surface area (Å²) in [6, 6.07) is 7.59. The lowest BCUT2D eigenvalue weighted by Gasteiger charge is -2.25. The molecule has 2 aromatic rings. The van der Waals surface area contributed by atoms with E-state index < -0.39 is 0 Å². The van der Waals surface area contributed by atoms with Crippen LogP contribution in [0.4, 0.5) is 4.39 Å². The fourth-order valence-corrected chi connectivity index (χ4v) is 3.45. The molecule has 0 radical (unpaired) electrons. The van der Waals surface area contributed by atoms with Gasteiger partial charge < -0.3 is 10.2 Å². The molecule has 150 valence electrons. The molecule has 1 aromatic carbocycles. The van der Waals surface area contributed by atoms with Crippen molar-refractivity contribution in [3.05, 3.63) is 48.0 Å². The zero-order valence-electron chi connectivity index (χ0n) is 16.3. The summed E-state index contributed by atoms with van der Waals surface area (Å²) in [7, 11) is 3.56. The van der Waals surface area contributed by atoms with Crippen LogP contribution in [0, 0.1) is 5.82 Å². The van der Waals surface area contributed by atoms with Gasteiger partial charge in [-0.05, 0) is 50.1 Å². The molecule has 1 aliphatic heterocycles. The van der Waals surface area contributed by atoms with Crippen molar-refractivity contribution in [1.29, 1.82) is 0 Å². The number of nitrogens with one attached hydrogen (secondary N) is 1. The summed E-state index contributed by atoms with van der Waals surface area (Å²) in [5.74, 6) is -0.478. The largest absolute Gasteiger partial charge is 0.351 e. The van der Waals surface area contributed by atoms with Crippen molar-refractivity contribution < 1.29 is 14.0 Å². The van der Waals surface area contributed by atoms with E-state index >= 15 is 0 Å². The smallest absolute Gasteiger partial charge is 0.271 e. The molecule has 1 aliphatic rings. The van der Waals surface area contributed by atoms with Crippen molar-refractivity contribution in [3.8, 4) is 5.69 Å². The summed E-state index contributed by atoms with van der Waals surface area (Å²) < 4.78 is 14.8. The van der Waals surface area contributed by atoms with Crippen molar-refractivity contribution in [2.45, 2.75) is 25.3 Å². The molecule has 1 fully saturated rings. The van der Waals surface area contributed by atoms with Gasteiger partial charge in [-0.15, -0.1) is 0 Å². The first-order chi connectivity index (χ1) is 13.5. The van der Waals surface area contributed by atoms with Gasteiger partial charge in [-0.2, -0.15) is 5.10 Å². The van der Waals surface area contributed by atoms with Crippen molar-refractivity contribution >= 4 is 11.8 Å². The minimum Gasteiger partial charge on any atom is -0.351 e. The number of likely N-dealkylation sites (tertiary alicyclic amines) is 1. The van der Waals surface area contributed by atoms with Crippen molar-refractivity contribution in [1.82, 2.24) is 24.9 Å². The molecule has 1 unspecified atom stereocenters. The third-order valence-electron chi connectivity index (χ3n) is 4.89. The molecule has 0 spiro atoms. The van der Waals surface area contributed by atoms with Gasteiger partial charge in [0.25, 0.3) is 5.91 Å². The minimum atomic E-state index is -0.355. The van der Waals surface area contributed by atoms with E-state index in [2.05, 4.69) is 15.3 Å². The van der Waals surface area contributed by atoms with E-state index in [1.54, 1.807) is 43.4 Å². The first kappa shape index (κ1) is 20.0. The first-order valence-electron chi connectivity index (χ1n) is 9.51. The Morgan fingerprint density at radius 1 is 1.32 bits per heavy atom. The number of aromatic nitrogens is 2. The Labute approximate surface area is 164 Å². The number of nitrogens with zero attached hydrogens (tertiary/aromatic N) is 4. The Morgan fingerprint density at radius 3 is 2.89 bits per heavy atom. The summed E-state index contributed by atoms with van der Waals surface area (Å²) >= 11 is 0. The number of benzene rings is 1. The Bertz CT molecular complexity index is 836. The second-order valence-corrected chi connectivity index (χ2v) is 7.16. The lowest BCUT2D eigenvalue weighted by atomic mass is 10.2. The zero-order chi connectivity index (χ0) is 20.1. The number of amides is 2. The van der Waals surface area contributed by atoms with Gasteiger partial charge in [-0.3, -0.25) is 14.5 Å². The number of carbonyl (C=O) groups excluding carboxylic acids is 2. The van der Waals surface area contributed by atoms with Crippen LogP contribution < -0.4 is 5.32 Å². The number of carbonyl (C=O) groups is 2. The summed E-state index contributed by atoms with van der Waals surface area (Å²) in [4.78, 5) is 28.3. The van der Waals surface area contributed by atoms with Gasteiger partial charge in [-0.1, -0.05) is 6.07 Å². The van der Waals surface area contributed by atoms with Crippen LogP contribution in [0.5, 0.6) is 0 Å². The van der Waals surface area contributed by atoms with Crippen LogP contribution in [0.1, 0.15) is 29.8 Å². The van der Waals surface area contributed by atoms with Gasteiger partial charge in [0, 0.05) is 33.4 Å². The number of hydrogen-bond acceptors (Lipinski definition) is 4. The molecule has 1 atom stereocenters. The molecular weight excluding hydrogens is 361 g/mol. The average Bonchev–Trinajstić information content (AvgIpc) is 3.34. The van der Waals surface area contributed by atoms with Gasteiger partial charge in [0.05, 0.1) is 11.7 Å². The van der Waals surface area contributed by atoms with Gasteiger partial charge in [0.1, 0.15) is 5.82 Å². The molecule has 28 heavy (non-hydrogen) atoms. The van der Waals surface area contributed by atoms with Gasteiger partial charge in [0.2, 0.25) is 5.91 Å². The van der Waals surface area contributed by atoms with E-state index in [9.17, 15) is 14.0 Å². The summed E-state index contributed by atoms with van der Waals surface area (Å²) in [5.41, 5.74) is 0.843. The summed E-state index contributed by atoms with van der Waals surface area (Å²) in [6.07, 6.45) is 4.30. The van der Waals surface area contributed by atoms with E-state index in [1.165, 1.54) is 16.8 Å². The lowest BCUT2D eigenvalue weighted by Crippen LogP contribution is -2.43. The Kier molecular flexibility index (Phi) is 6.41. The van der Waals surface area contributed by atoms with Crippen molar-refractivity contribution in [2.24, 2.45) is 0 Å². The second kappa shape index (κ2) is 8.97. The second-order valence-electron chi connectivity index (χ2n) is 7.16. The standard InChI is InChI=1S/C20H26FN5O2/c1-24(2)20(28)18-8-4-11-25(18)12-5-10-22-19(27)17-9-13-26(23-17)16-7-3-6-15(21)14-16/h3,6-7,9,13-14,18H,4-5,8,10-12H2,1-2H3,(H,22,27). The molecule has 0 bridgehead atoms. The Hall–Kier alpha value is -2.74. The maximum Gasteiger partial charge on any atom is 0.271 e. The van der Waals surface area contributed by atoms with Crippen LogP contribution >= 0.6 is 0 Å². The topological polar surface area (TPSA) is 70.5 Å². The van der Waals surface area contributed by atoms with E-state index in [-0.39, 0.29) is 29.4 Å². The van der Waals surface area contributed by atoms with E-state index in [0.29, 0.717) is 12.2 Å².